The molecule has 0 aliphatic heterocycles. The second-order valence-corrected chi connectivity index (χ2v) is 12.4. The molecule has 0 saturated heterocycles. The number of benzene rings is 2. The van der Waals surface area contributed by atoms with Crippen molar-refractivity contribution in [1.29, 1.82) is 0 Å². The van der Waals surface area contributed by atoms with Crippen molar-refractivity contribution in [2.24, 2.45) is 23.2 Å². The van der Waals surface area contributed by atoms with Gasteiger partial charge in [-0.05, 0) is 41.7 Å². The Balaban J connectivity index is 1.77. The molecule has 0 aromatic heterocycles. The Morgan fingerprint density at radius 2 is 1.38 bits per heavy atom. The predicted octanol–water partition coefficient (Wildman–Crippen LogP) is 6.67. The van der Waals surface area contributed by atoms with Gasteiger partial charge >= 0.3 is 0 Å². The zero-order valence-corrected chi connectivity index (χ0v) is 24.5. The summed E-state index contributed by atoms with van der Waals surface area (Å²) in [5.41, 5.74) is 1.86. The highest BCUT2D eigenvalue weighted by Crippen LogP contribution is 2.33. The quantitative estimate of drug-likeness (QED) is 0.321. The van der Waals surface area contributed by atoms with Crippen molar-refractivity contribution in [2.75, 3.05) is 6.54 Å². The van der Waals surface area contributed by atoms with Crippen molar-refractivity contribution in [3.63, 3.8) is 0 Å². The molecule has 0 heterocycles. The summed E-state index contributed by atoms with van der Waals surface area (Å²) < 4.78 is 0. The van der Waals surface area contributed by atoms with Crippen molar-refractivity contribution >= 4 is 17.6 Å². The van der Waals surface area contributed by atoms with E-state index in [9.17, 15) is 14.4 Å². The number of ketones is 1. The molecule has 2 amide bonds. The minimum atomic E-state index is -0.522. The number of amides is 2. The fraction of sp³-hybridized carbons (Fsp3) is 0.559. The molecule has 0 radical (unpaired) electrons. The molecule has 3 rings (SSSR count). The largest absolute Gasteiger partial charge is 0.355 e. The number of hydrogen-bond donors (Lipinski definition) is 2. The van der Waals surface area contributed by atoms with E-state index >= 15 is 0 Å². The van der Waals surface area contributed by atoms with Gasteiger partial charge in [0.2, 0.25) is 11.8 Å². The Hall–Kier alpha value is -2.95. The van der Waals surface area contributed by atoms with E-state index in [-0.39, 0.29) is 41.8 Å². The van der Waals surface area contributed by atoms with Gasteiger partial charge in [-0.2, -0.15) is 0 Å². The van der Waals surface area contributed by atoms with Crippen molar-refractivity contribution < 1.29 is 14.4 Å². The molecule has 3 atom stereocenters. The summed E-state index contributed by atoms with van der Waals surface area (Å²) in [6.07, 6.45) is 6.08. The number of rotatable bonds is 12. The van der Waals surface area contributed by atoms with Crippen LogP contribution in [0.1, 0.15) is 96.6 Å². The Morgan fingerprint density at radius 1 is 0.846 bits per heavy atom. The van der Waals surface area contributed by atoms with Gasteiger partial charge in [0.05, 0.1) is 6.04 Å². The molecule has 2 aromatic rings. The Morgan fingerprint density at radius 3 is 1.87 bits per heavy atom. The van der Waals surface area contributed by atoms with Gasteiger partial charge < -0.3 is 10.6 Å². The molecule has 39 heavy (non-hydrogen) atoms. The SMILES string of the molecule is CC[C@H](C)C(=O)N[C@@H](C(=O)C[C@@H](C(=O)NCC(c1ccccc1)c1ccccc1)C(C)(C)C)C1CCCCC1. The summed E-state index contributed by atoms with van der Waals surface area (Å²) in [6, 6.07) is 19.9. The van der Waals surface area contributed by atoms with Gasteiger partial charge in [0.15, 0.2) is 5.78 Å². The van der Waals surface area contributed by atoms with Crippen molar-refractivity contribution in [3.05, 3.63) is 71.8 Å². The first kappa shape index (κ1) is 30.6. The van der Waals surface area contributed by atoms with E-state index in [4.69, 9.17) is 0 Å². The van der Waals surface area contributed by atoms with Crippen LogP contribution in [-0.2, 0) is 14.4 Å². The van der Waals surface area contributed by atoms with Crippen LogP contribution in [0, 0.1) is 23.2 Å². The topological polar surface area (TPSA) is 75.3 Å². The minimum Gasteiger partial charge on any atom is -0.355 e. The van der Waals surface area contributed by atoms with Gasteiger partial charge in [0, 0.05) is 30.7 Å². The molecule has 1 fully saturated rings. The monoisotopic (exact) mass is 532 g/mol. The first-order valence-electron chi connectivity index (χ1n) is 14.8. The lowest BCUT2D eigenvalue weighted by Gasteiger charge is -2.34. The zero-order chi connectivity index (χ0) is 28.4. The maximum Gasteiger partial charge on any atom is 0.224 e. The van der Waals surface area contributed by atoms with Crippen molar-refractivity contribution in [3.8, 4) is 0 Å². The van der Waals surface area contributed by atoms with E-state index in [1.165, 1.54) is 6.42 Å². The average molecular weight is 533 g/mol. The normalized spacial score (nSPS) is 16.8. The van der Waals surface area contributed by atoms with Crippen LogP contribution < -0.4 is 10.6 Å². The molecule has 212 valence electrons. The lowest BCUT2D eigenvalue weighted by Crippen LogP contribution is -2.50. The number of nitrogens with one attached hydrogen (secondary N) is 2. The van der Waals surface area contributed by atoms with Crippen molar-refractivity contribution in [1.82, 2.24) is 10.6 Å². The Bertz CT molecular complexity index is 1020. The predicted molar refractivity (Wildman–Crippen MR) is 158 cm³/mol. The van der Waals surface area contributed by atoms with Crippen LogP contribution in [0.3, 0.4) is 0 Å². The molecule has 0 unspecified atom stereocenters. The van der Waals surface area contributed by atoms with Crippen LogP contribution in [0.2, 0.25) is 0 Å². The second-order valence-electron chi connectivity index (χ2n) is 12.4. The lowest BCUT2D eigenvalue weighted by molar-refractivity contribution is -0.136. The van der Waals surface area contributed by atoms with E-state index in [1.54, 1.807) is 0 Å². The molecular weight excluding hydrogens is 484 g/mol. The van der Waals surface area contributed by atoms with E-state index in [1.807, 2.05) is 71.0 Å². The smallest absolute Gasteiger partial charge is 0.224 e. The molecule has 2 N–H and O–H groups in total. The van der Waals surface area contributed by atoms with Crippen LogP contribution in [0.5, 0.6) is 0 Å². The second kappa shape index (κ2) is 14.4. The highest BCUT2D eigenvalue weighted by molar-refractivity contribution is 5.93. The van der Waals surface area contributed by atoms with E-state index in [0.717, 1.165) is 43.2 Å². The third-order valence-corrected chi connectivity index (χ3v) is 8.48. The van der Waals surface area contributed by atoms with E-state index in [2.05, 4.69) is 34.9 Å². The minimum absolute atomic E-state index is 0.0116. The third kappa shape index (κ3) is 8.78. The number of carbonyl (C=O) groups is 3. The first-order valence-corrected chi connectivity index (χ1v) is 14.8. The first-order chi connectivity index (χ1) is 18.6. The van der Waals surface area contributed by atoms with Gasteiger partial charge in [-0.3, -0.25) is 14.4 Å². The molecular formula is C34H48N2O3. The lowest BCUT2D eigenvalue weighted by atomic mass is 9.74. The molecule has 2 aromatic carbocycles. The fourth-order valence-electron chi connectivity index (χ4n) is 5.65. The highest BCUT2D eigenvalue weighted by Gasteiger charge is 2.38. The van der Waals surface area contributed by atoms with Crippen LogP contribution in [-0.4, -0.2) is 30.2 Å². The average Bonchev–Trinajstić information content (AvgIpc) is 2.94. The molecule has 1 aliphatic carbocycles. The highest BCUT2D eigenvalue weighted by atomic mass is 16.2. The summed E-state index contributed by atoms with van der Waals surface area (Å²) in [7, 11) is 0. The summed E-state index contributed by atoms with van der Waals surface area (Å²) in [4.78, 5) is 40.4. The molecule has 0 bridgehead atoms. The van der Waals surface area contributed by atoms with Gasteiger partial charge in [0.1, 0.15) is 0 Å². The molecule has 1 saturated carbocycles. The Kier molecular flexibility index (Phi) is 11.3. The maximum absolute atomic E-state index is 13.8. The van der Waals surface area contributed by atoms with E-state index < -0.39 is 17.4 Å². The van der Waals surface area contributed by atoms with Crippen LogP contribution in [0.4, 0.5) is 0 Å². The number of carbonyl (C=O) groups excluding carboxylic acids is 3. The maximum atomic E-state index is 13.8. The zero-order valence-electron chi connectivity index (χ0n) is 24.5. The Labute approximate surface area is 235 Å². The molecule has 0 spiro atoms. The van der Waals surface area contributed by atoms with Gasteiger partial charge in [0.25, 0.3) is 0 Å². The summed E-state index contributed by atoms with van der Waals surface area (Å²) in [5, 5.41) is 6.31. The third-order valence-electron chi connectivity index (χ3n) is 8.48. The van der Waals surface area contributed by atoms with Gasteiger partial charge in [-0.25, -0.2) is 0 Å². The van der Waals surface area contributed by atoms with E-state index in [0.29, 0.717) is 6.54 Å². The fourth-order valence-corrected chi connectivity index (χ4v) is 5.65. The van der Waals surface area contributed by atoms with Gasteiger partial charge in [-0.15, -0.1) is 0 Å². The van der Waals surface area contributed by atoms with Crippen molar-refractivity contribution in [2.45, 2.75) is 91.5 Å². The number of hydrogen-bond acceptors (Lipinski definition) is 3. The molecule has 1 aliphatic rings. The van der Waals surface area contributed by atoms with Crippen LogP contribution in [0.25, 0.3) is 0 Å². The molecule has 5 heteroatoms. The molecule has 5 nitrogen and oxygen atoms in total. The summed E-state index contributed by atoms with van der Waals surface area (Å²) >= 11 is 0. The van der Waals surface area contributed by atoms with Gasteiger partial charge in [-0.1, -0.05) is 115 Å². The summed E-state index contributed by atoms with van der Waals surface area (Å²) in [5.74, 6) is -0.672. The number of Topliss-reactive ketones (excluding diaryl/α,β-unsaturated/α-hetero) is 1. The summed E-state index contributed by atoms with van der Waals surface area (Å²) in [6.45, 7) is 10.4. The van der Waals surface area contributed by atoms with Crippen LogP contribution in [0.15, 0.2) is 60.7 Å². The standard InChI is InChI=1S/C34H48N2O3/c1-6-24(2)32(38)36-31(27-20-14-9-15-21-27)30(37)22-29(34(3,4)5)33(39)35-23-28(25-16-10-7-11-17-25)26-18-12-8-13-19-26/h7-8,10-13,16-19,24,27-29,31H,6,9,14-15,20-23H2,1-5H3,(H,35,39)(H,36,38)/t24-,29-,31+/m0/s1. The van der Waals surface area contributed by atoms with Crippen LogP contribution >= 0.6 is 0 Å².